The Morgan fingerprint density at radius 3 is 2.16 bits per heavy atom. The molecule has 0 spiro atoms. The first kappa shape index (κ1) is 31.8. The van der Waals surface area contributed by atoms with Crippen molar-refractivity contribution in [1.82, 2.24) is 0 Å². The van der Waals surface area contributed by atoms with Crippen LogP contribution in [0.25, 0.3) is 10.8 Å². The normalized spacial score (nSPS) is 13.3. The van der Waals surface area contributed by atoms with Gasteiger partial charge in [0.2, 0.25) is 5.91 Å². The molecule has 4 aromatic carbocycles. The lowest BCUT2D eigenvalue weighted by atomic mass is 10.1. The summed E-state index contributed by atoms with van der Waals surface area (Å²) in [6.07, 6.45) is -0.690. The summed E-state index contributed by atoms with van der Waals surface area (Å²) >= 11 is 6.01. The molecule has 0 aliphatic heterocycles. The molecule has 0 heterocycles. The van der Waals surface area contributed by atoms with Gasteiger partial charge in [0.05, 0.1) is 27.3 Å². The second-order valence-electron chi connectivity index (χ2n) is 8.90. The highest BCUT2D eigenvalue weighted by Crippen LogP contribution is 2.41. The molecule has 0 saturated carbocycles. The number of rotatable bonds is 9. The van der Waals surface area contributed by atoms with Gasteiger partial charge in [0.15, 0.2) is 9.84 Å². The summed E-state index contributed by atoms with van der Waals surface area (Å²) in [6.45, 7) is 0. The maximum Gasteiger partial charge on any atom is 0.296 e. The fourth-order valence-electron chi connectivity index (χ4n) is 3.88. The van der Waals surface area contributed by atoms with Crippen molar-refractivity contribution in [3.8, 4) is 5.75 Å². The third-order valence-electron chi connectivity index (χ3n) is 5.91. The van der Waals surface area contributed by atoms with Crippen molar-refractivity contribution in [2.75, 3.05) is 11.1 Å². The Morgan fingerprint density at radius 1 is 0.860 bits per heavy atom. The molecule has 1 atom stereocenters. The monoisotopic (exact) mass is 668 g/mol. The van der Waals surface area contributed by atoms with Crippen LogP contribution in [-0.4, -0.2) is 50.1 Å². The zero-order chi connectivity index (χ0) is 31.7. The Hall–Kier alpha value is -4.13. The van der Waals surface area contributed by atoms with E-state index in [1.165, 1.54) is 42.5 Å². The fourth-order valence-corrected chi connectivity index (χ4v) is 6.72. The van der Waals surface area contributed by atoms with Crippen molar-refractivity contribution in [2.45, 2.75) is 25.8 Å². The number of nitrogen functional groups attached to an aromatic ring is 1. The van der Waals surface area contributed by atoms with E-state index in [2.05, 4.69) is 15.5 Å². The zero-order valence-corrected chi connectivity index (χ0v) is 24.7. The number of azo groups is 1. The van der Waals surface area contributed by atoms with E-state index in [1.807, 2.05) is 0 Å². The Balaban J connectivity index is 1.64. The molecule has 14 nitrogen and oxygen atoms in total. The molecule has 43 heavy (non-hydrogen) atoms. The lowest BCUT2D eigenvalue weighted by molar-refractivity contribution is -0.116. The van der Waals surface area contributed by atoms with Crippen LogP contribution in [0.1, 0.15) is 6.42 Å². The Kier molecular flexibility index (Phi) is 8.77. The Morgan fingerprint density at radius 2 is 1.53 bits per heavy atom. The maximum absolute atomic E-state index is 12.6. The molecule has 6 N–H and O–H groups in total. The third-order valence-corrected chi connectivity index (χ3v) is 10.2. The van der Waals surface area contributed by atoms with Gasteiger partial charge in [0, 0.05) is 11.8 Å². The summed E-state index contributed by atoms with van der Waals surface area (Å²) < 4.78 is 90.0. The van der Waals surface area contributed by atoms with E-state index in [4.69, 9.17) is 17.3 Å². The van der Waals surface area contributed by atoms with Gasteiger partial charge in [-0.2, -0.15) is 16.8 Å². The van der Waals surface area contributed by atoms with Crippen LogP contribution in [0.3, 0.4) is 0 Å². The van der Waals surface area contributed by atoms with Crippen LogP contribution < -0.4 is 11.1 Å². The summed E-state index contributed by atoms with van der Waals surface area (Å²) in [5.41, 5.74) is 5.13. The van der Waals surface area contributed by atoms with Gasteiger partial charge >= 0.3 is 0 Å². The molecule has 0 aliphatic rings. The summed E-state index contributed by atoms with van der Waals surface area (Å²) in [5, 5.41) is 20.5. The molecular formula is C25H21ClN4O10S3. The van der Waals surface area contributed by atoms with Crippen molar-refractivity contribution < 1.29 is 44.3 Å². The Bertz CT molecular complexity index is 2110. The van der Waals surface area contributed by atoms with E-state index in [1.54, 1.807) is 6.07 Å². The number of aromatic hydroxyl groups is 1. The first-order chi connectivity index (χ1) is 20.0. The molecule has 0 radical (unpaired) electrons. The number of nitrogens with zero attached hydrogens (tertiary/aromatic N) is 2. The van der Waals surface area contributed by atoms with Gasteiger partial charge < -0.3 is 16.2 Å². The highest BCUT2D eigenvalue weighted by molar-refractivity contribution is 7.93. The van der Waals surface area contributed by atoms with E-state index in [-0.39, 0.29) is 32.7 Å². The summed E-state index contributed by atoms with van der Waals surface area (Å²) in [6, 6.07) is 14.8. The second-order valence-corrected chi connectivity index (χ2v) is 14.6. The molecule has 0 fully saturated rings. The van der Waals surface area contributed by atoms with Gasteiger partial charge in [-0.05, 0) is 47.9 Å². The predicted molar refractivity (Wildman–Crippen MR) is 157 cm³/mol. The molecule has 1 amide bonds. The van der Waals surface area contributed by atoms with Crippen molar-refractivity contribution in [2.24, 2.45) is 10.2 Å². The largest absolute Gasteiger partial charge is 0.507 e. The number of halogens is 1. The van der Waals surface area contributed by atoms with E-state index >= 15 is 0 Å². The minimum Gasteiger partial charge on any atom is -0.507 e. The smallest absolute Gasteiger partial charge is 0.296 e. The molecule has 0 aliphatic carbocycles. The zero-order valence-electron chi connectivity index (χ0n) is 21.5. The first-order valence-electron chi connectivity index (χ1n) is 11.8. The number of nitrogens with two attached hydrogens (primary N) is 1. The van der Waals surface area contributed by atoms with Crippen molar-refractivity contribution in [3.05, 3.63) is 72.8 Å². The van der Waals surface area contributed by atoms with Gasteiger partial charge in [0.25, 0.3) is 20.2 Å². The molecule has 0 aromatic heterocycles. The number of carbonyl (C=O) groups is 1. The highest BCUT2D eigenvalue weighted by atomic mass is 35.5. The van der Waals surface area contributed by atoms with Gasteiger partial charge in [-0.15, -0.1) is 21.8 Å². The number of hydrogen-bond acceptors (Lipinski definition) is 11. The SMILES string of the molecule is Nc1ccc2cc(S(=O)(=O)O)cc(O)c2c1N=Nc1ccc(NC(=O)CC(Cl)S(=O)(=O)c2ccccc2)cc1S(=O)(=O)O. The molecule has 0 bridgehead atoms. The van der Waals surface area contributed by atoms with Crippen molar-refractivity contribution >= 4 is 81.1 Å². The number of sulfone groups is 1. The number of phenolic OH excluding ortho intramolecular Hbond substituents is 1. The Labute approximate surface area is 250 Å². The topological polar surface area (TPSA) is 243 Å². The van der Waals surface area contributed by atoms with E-state index in [0.29, 0.717) is 0 Å². The van der Waals surface area contributed by atoms with Crippen LogP contribution >= 0.6 is 11.6 Å². The molecule has 18 heteroatoms. The maximum atomic E-state index is 12.6. The second kappa shape index (κ2) is 11.9. The van der Waals surface area contributed by atoms with E-state index in [0.717, 1.165) is 24.3 Å². The van der Waals surface area contributed by atoms with Gasteiger partial charge in [-0.25, -0.2) is 8.42 Å². The van der Waals surface area contributed by atoms with Crippen LogP contribution in [0.2, 0.25) is 0 Å². The predicted octanol–water partition coefficient (Wildman–Crippen LogP) is 4.40. The number of phenols is 1. The average Bonchev–Trinajstić information content (AvgIpc) is 2.92. The molecular weight excluding hydrogens is 648 g/mol. The molecule has 4 rings (SSSR count). The molecule has 226 valence electrons. The van der Waals surface area contributed by atoms with Gasteiger partial charge in [0.1, 0.15) is 26.7 Å². The van der Waals surface area contributed by atoms with Crippen molar-refractivity contribution in [3.63, 3.8) is 0 Å². The standard InChI is InChI=1S/C25H21ClN4O10S3/c26-22(41(33,34)16-4-2-1-3-5-16)13-23(32)28-15-7-9-19(21(11-15)43(38,39)40)29-30-25-18(27)8-6-14-10-17(42(35,36)37)12-20(31)24(14)25/h1-12,22,31H,13,27H2,(H,28,32)(H,35,36,37)(H,38,39,40). The number of fused-ring (bicyclic) bond motifs is 1. The number of anilines is 2. The van der Waals surface area contributed by atoms with Crippen molar-refractivity contribution in [1.29, 1.82) is 0 Å². The number of amides is 1. The minimum atomic E-state index is -4.96. The first-order valence-corrected chi connectivity index (χ1v) is 16.6. The van der Waals surface area contributed by atoms with Crippen LogP contribution in [0.15, 0.2) is 97.7 Å². The average molecular weight is 669 g/mol. The van der Waals surface area contributed by atoms with Crippen LogP contribution in [0.4, 0.5) is 22.7 Å². The quantitative estimate of drug-likeness (QED) is 0.0724. The number of hydrogen-bond donors (Lipinski definition) is 5. The summed E-state index contributed by atoms with van der Waals surface area (Å²) in [4.78, 5) is 11.0. The summed E-state index contributed by atoms with van der Waals surface area (Å²) in [7, 11) is -13.7. The van der Waals surface area contributed by atoms with E-state index in [9.17, 15) is 44.3 Å². The number of carbonyl (C=O) groups excluding carboxylic acids is 1. The van der Waals surface area contributed by atoms with Gasteiger partial charge in [-0.3, -0.25) is 13.9 Å². The number of alkyl halides is 1. The highest BCUT2D eigenvalue weighted by Gasteiger charge is 2.28. The number of benzene rings is 4. The number of nitrogens with one attached hydrogen (secondary N) is 1. The van der Waals surface area contributed by atoms with Gasteiger partial charge in [-0.1, -0.05) is 24.3 Å². The van der Waals surface area contributed by atoms with E-state index < -0.39 is 68.3 Å². The summed E-state index contributed by atoms with van der Waals surface area (Å²) in [5.74, 6) is -1.51. The lowest BCUT2D eigenvalue weighted by Crippen LogP contribution is -2.23. The molecule has 1 unspecified atom stereocenters. The molecule has 4 aromatic rings. The van der Waals surface area contributed by atoms with Crippen LogP contribution in [0, 0.1) is 0 Å². The minimum absolute atomic E-state index is 0.0514. The fraction of sp³-hybridized carbons (Fsp3) is 0.0800. The van der Waals surface area contributed by atoms with Crippen LogP contribution in [0.5, 0.6) is 5.75 Å². The molecule has 0 saturated heterocycles. The third kappa shape index (κ3) is 7.10. The lowest BCUT2D eigenvalue weighted by Gasteiger charge is -2.12. The van der Waals surface area contributed by atoms with Crippen LogP contribution in [-0.2, 0) is 34.9 Å².